The molecule has 1 heterocycles. The lowest BCUT2D eigenvalue weighted by molar-refractivity contribution is -0.137. The van der Waals surface area contributed by atoms with Crippen molar-refractivity contribution in [2.45, 2.75) is 19.4 Å². The van der Waals surface area contributed by atoms with Crippen LogP contribution in [0.15, 0.2) is 24.4 Å². The average Bonchev–Trinajstić information content (AvgIpc) is 2.04. The lowest BCUT2D eigenvalue weighted by atomic mass is 10.2. The van der Waals surface area contributed by atoms with Crippen molar-refractivity contribution in [1.82, 2.24) is 4.98 Å². The van der Waals surface area contributed by atoms with Crippen LogP contribution in [0, 0.1) is 0 Å². The summed E-state index contributed by atoms with van der Waals surface area (Å²) in [5.41, 5.74) is 0. The minimum absolute atomic E-state index is 0.0938. The summed E-state index contributed by atoms with van der Waals surface area (Å²) in [6.07, 6.45) is 1.76. The number of aromatic nitrogens is 1. The van der Waals surface area contributed by atoms with Crippen LogP contribution < -0.4 is 5.32 Å². The van der Waals surface area contributed by atoms with Crippen molar-refractivity contribution in [3.63, 3.8) is 0 Å². The summed E-state index contributed by atoms with van der Waals surface area (Å²) >= 11 is 0. The monoisotopic (exact) mass is 180 g/mol. The Morgan fingerprint density at radius 2 is 2.46 bits per heavy atom. The fraction of sp³-hybridized carbons (Fsp3) is 0.333. The molecule has 70 valence electrons. The van der Waals surface area contributed by atoms with Crippen LogP contribution >= 0.6 is 0 Å². The van der Waals surface area contributed by atoms with Crippen molar-refractivity contribution in [3.8, 4) is 0 Å². The van der Waals surface area contributed by atoms with Crippen LogP contribution in [0.5, 0.6) is 0 Å². The molecule has 1 atom stereocenters. The normalized spacial score (nSPS) is 12.1. The molecule has 0 saturated carbocycles. The largest absolute Gasteiger partial charge is 0.481 e. The van der Waals surface area contributed by atoms with Crippen LogP contribution in [0.4, 0.5) is 5.82 Å². The molecule has 4 heteroatoms. The fourth-order valence-electron chi connectivity index (χ4n) is 1.01. The molecule has 0 saturated heterocycles. The number of rotatable bonds is 4. The zero-order valence-corrected chi connectivity index (χ0v) is 7.40. The summed E-state index contributed by atoms with van der Waals surface area (Å²) < 4.78 is 0. The molecule has 1 aromatic heterocycles. The number of pyridine rings is 1. The van der Waals surface area contributed by atoms with E-state index in [-0.39, 0.29) is 12.5 Å². The molecule has 13 heavy (non-hydrogen) atoms. The van der Waals surface area contributed by atoms with Crippen molar-refractivity contribution in [1.29, 1.82) is 0 Å². The number of carbonyl (C=O) groups is 1. The third-order valence-electron chi connectivity index (χ3n) is 1.54. The maximum absolute atomic E-state index is 10.3. The summed E-state index contributed by atoms with van der Waals surface area (Å²) in [5, 5.41) is 11.5. The zero-order valence-electron chi connectivity index (χ0n) is 7.40. The van der Waals surface area contributed by atoms with Gasteiger partial charge >= 0.3 is 5.97 Å². The average molecular weight is 180 g/mol. The van der Waals surface area contributed by atoms with Gasteiger partial charge in [-0.25, -0.2) is 4.98 Å². The molecule has 0 aliphatic carbocycles. The van der Waals surface area contributed by atoms with E-state index in [2.05, 4.69) is 10.3 Å². The van der Waals surface area contributed by atoms with E-state index in [4.69, 9.17) is 5.11 Å². The van der Waals surface area contributed by atoms with Gasteiger partial charge in [-0.05, 0) is 19.1 Å². The van der Waals surface area contributed by atoms with Gasteiger partial charge in [-0.1, -0.05) is 6.07 Å². The summed E-state index contributed by atoms with van der Waals surface area (Å²) in [6.45, 7) is 1.81. The van der Waals surface area contributed by atoms with Gasteiger partial charge in [-0.2, -0.15) is 0 Å². The molecule has 0 aromatic carbocycles. The molecule has 1 rings (SSSR count). The first-order valence-corrected chi connectivity index (χ1v) is 4.08. The minimum atomic E-state index is -0.809. The standard InChI is InChI=1S/C9H12N2O2/c1-7(6-9(12)13)11-8-4-2-3-5-10-8/h2-5,7H,6H2,1H3,(H,10,11)(H,12,13)/t7-/m1/s1. The number of anilines is 1. The quantitative estimate of drug-likeness (QED) is 0.734. The number of nitrogens with zero attached hydrogens (tertiary/aromatic N) is 1. The molecule has 2 N–H and O–H groups in total. The molecule has 0 bridgehead atoms. The lowest BCUT2D eigenvalue weighted by Crippen LogP contribution is -2.19. The summed E-state index contributed by atoms with van der Waals surface area (Å²) in [6, 6.07) is 5.36. The molecular weight excluding hydrogens is 168 g/mol. The highest BCUT2D eigenvalue weighted by atomic mass is 16.4. The van der Waals surface area contributed by atoms with Crippen LogP contribution in [-0.2, 0) is 4.79 Å². The number of carboxylic acids is 1. The molecule has 1 aromatic rings. The van der Waals surface area contributed by atoms with Crippen LogP contribution in [0.25, 0.3) is 0 Å². The van der Waals surface area contributed by atoms with Crippen molar-refractivity contribution in [2.75, 3.05) is 5.32 Å². The third kappa shape index (κ3) is 3.55. The first kappa shape index (κ1) is 9.51. The Bertz CT molecular complexity index is 274. The highest BCUT2D eigenvalue weighted by Gasteiger charge is 2.06. The van der Waals surface area contributed by atoms with Gasteiger partial charge in [0.15, 0.2) is 0 Å². The van der Waals surface area contributed by atoms with Crippen molar-refractivity contribution < 1.29 is 9.90 Å². The number of nitrogens with one attached hydrogen (secondary N) is 1. The van der Waals surface area contributed by atoms with E-state index in [1.807, 2.05) is 19.1 Å². The summed E-state index contributed by atoms with van der Waals surface area (Å²) in [5.74, 6) is -0.104. The molecule has 0 spiro atoms. The van der Waals surface area contributed by atoms with Gasteiger partial charge in [-0.3, -0.25) is 4.79 Å². The Labute approximate surface area is 76.6 Å². The highest BCUT2D eigenvalue weighted by Crippen LogP contribution is 2.04. The van der Waals surface area contributed by atoms with E-state index in [1.165, 1.54) is 0 Å². The topological polar surface area (TPSA) is 62.2 Å². The Balaban J connectivity index is 2.45. The highest BCUT2D eigenvalue weighted by molar-refractivity contribution is 5.68. The van der Waals surface area contributed by atoms with Gasteiger partial charge in [0.05, 0.1) is 6.42 Å². The molecule has 0 fully saturated rings. The van der Waals surface area contributed by atoms with E-state index in [1.54, 1.807) is 12.3 Å². The summed E-state index contributed by atoms with van der Waals surface area (Å²) in [4.78, 5) is 14.4. The van der Waals surface area contributed by atoms with E-state index < -0.39 is 5.97 Å². The Morgan fingerprint density at radius 3 is 3.00 bits per heavy atom. The van der Waals surface area contributed by atoms with Crippen molar-refractivity contribution >= 4 is 11.8 Å². The van der Waals surface area contributed by atoms with Crippen LogP contribution in [0.3, 0.4) is 0 Å². The van der Waals surface area contributed by atoms with Gasteiger partial charge in [0, 0.05) is 12.2 Å². The van der Waals surface area contributed by atoms with Crippen molar-refractivity contribution in [3.05, 3.63) is 24.4 Å². The van der Waals surface area contributed by atoms with Gasteiger partial charge < -0.3 is 10.4 Å². The number of hydrogen-bond acceptors (Lipinski definition) is 3. The summed E-state index contributed by atoms with van der Waals surface area (Å²) in [7, 11) is 0. The Morgan fingerprint density at radius 1 is 1.69 bits per heavy atom. The van der Waals surface area contributed by atoms with Gasteiger partial charge in [0.1, 0.15) is 5.82 Å². The number of hydrogen-bond donors (Lipinski definition) is 2. The predicted octanol–water partition coefficient (Wildman–Crippen LogP) is 1.36. The van der Waals surface area contributed by atoms with Gasteiger partial charge in [0.25, 0.3) is 0 Å². The second-order valence-corrected chi connectivity index (χ2v) is 2.86. The van der Waals surface area contributed by atoms with Gasteiger partial charge in [0.2, 0.25) is 0 Å². The molecule has 0 amide bonds. The first-order valence-electron chi connectivity index (χ1n) is 4.08. The second-order valence-electron chi connectivity index (χ2n) is 2.86. The number of aliphatic carboxylic acids is 1. The fourth-order valence-corrected chi connectivity index (χ4v) is 1.01. The predicted molar refractivity (Wildman–Crippen MR) is 49.6 cm³/mol. The van der Waals surface area contributed by atoms with Crippen molar-refractivity contribution in [2.24, 2.45) is 0 Å². The molecule has 4 nitrogen and oxygen atoms in total. The Hall–Kier alpha value is -1.58. The van der Waals surface area contributed by atoms with E-state index in [9.17, 15) is 4.79 Å². The first-order chi connectivity index (χ1) is 6.18. The van der Waals surface area contributed by atoms with Crippen LogP contribution in [0.1, 0.15) is 13.3 Å². The minimum Gasteiger partial charge on any atom is -0.481 e. The lowest BCUT2D eigenvalue weighted by Gasteiger charge is -2.11. The Kier molecular flexibility index (Phi) is 3.25. The van der Waals surface area contributed by atoms with Gasteiger partial charge in [-0.15, -0.1) is 0 Å². The third-order valence-corrected chi connectivity index (χ3v) is 1.54. The molecule has 0 aliphatic heterocycles. The molecule has 0 radical (unpaired) electrons. The zero-order chi connectivity index (χ0) is 9.68. The second kappa shape index (κ2) is 4.45. The molecule has 0 aliphatic rings. The van der Waals surface area contributed by atoms with E-state index in [0.29, 0.717) is 5.82 Å². The van der Waals surface area contributed by atoms with E-state index in [0.717, 1.165) is 0 Å². The smallest absolute Gasteiger partial charge is 0.305 e. The SMILES string of the molecule is C[C@H](CC(=O)O)Nc1ccccn1. The maximum Gasteiger partial charge on any atom is 0.305 e. The molecule has 0 unspecified atom stereocenters. The van der Waals surface area contributed by atoms with Crippen LogP contribution in [0.2, 0.25) is 0 Å². The molecular formula is C9H12N2O2. The maximum atomic E-state index is 10.3. The van der Waals surface area contributed by atoms with Crippen LogP contribution in [-0.4, -0.2) is 22.1 Å². The van der Waals surface area contributed by atoms with E-state index >= 15 is 0 Å². The number of carboxylic acid groups (broad SMARTS) is 1.